The van der Waals surface area contributed by atoms with Crippen molar-refractivity contribution in [3.8, 4) is 0 Å². The van der Waals surface area contributed by atoms with E-state index in [1.54, 1.807) is 4.57 Å². The Bertz CT molecular complexity index is 815. The number of rotatable bonds is 8. The van der Waals surface area contributed by atoms with Crippen LogP contribution in [0.25, 0.3) is 11.2 Å². The SMILES string of the molecule is CN(CCCCC(=O)NN)C[C@H]1O[C@@H](n2cnc3c(N)ncnc32)[C@H](O)[C@@H]1O. The average Bonchev–Trinajstić information content (AvgIpc) is 3.22. The summed E-state index contributed by atoms with van der Waals surface area (Å²) in [6.45, 7) is 1.13. The third-order valence-electron chi connectivity index (χ3n) is 4.84. The van der Waals surface area contributed by atoms with Crippen LogP contribution in [0.4, 0.5) is 5.82 Å². The van der Waals surface area contributed by atoms with E-state index in [2.05, 4.69) is 20.4 Å². The molecule has 1 aliphatic rings. The fourth-order valence-electron chi connectivity index (χ4n) is 3.30. The van der Waals surface area contributed by atoms with E-state index in [4.69, 9.17) is 16.3 Å². The van der Waals surface area contributed by atoms with Crippen molar-refractivity contribution in [1.29, 1.82) is 0 Å². The molecule has 1 aliphatic heterocycles. The van der Waals surface area contributed by atoms with Gasteiger partial charge in [-0.15, -0.1) is 0 Å². The van der Waals surface area contributed by atoms with Gasteiger partial charge >= 0.3 is 0 Å². The van der Waals surface area contributed by atoms with Gasteiger partial charge in [0.25, 0.3) is 0 Å². The quantitative estimate of drug-likeness (QED) is 0.147. The van der Waals surface area contributed by atoms with Gasteiger partial charge in [0, 0.05) is 13.0 Å². The average molecular weight is 394 g/mol. The number of nitrogen functional groups attached to an aromatic ring is 1. The number of carbonyl (C=O) groups is 1. The highest BCUT2D eigenvalue weighted by atomic mass is 16.6. The van der Waals surface area contributed by atoms with Crippen molar-refractivity contribution in [2.24, 2.45) is 5.84 Å². The van der Waals surface area contributed by atoms with E-state index in [-0.39, 0.29) is 11.7 Å². The van der Waals surface area contributed by atoms with Gasteiger partial charge in [-0.05, 0) is 26.4 Å². The van der Waals surface area contributed by atoms with Crippen molar-refractivity contribution in [1.82, 2.24) is 29.8 Å². The van der Waals surface area contributed by atoms with Crippen molar-refractivity contribution in [2.75, 3.05) is 25.9 Å². The van der Waals surface area contributed by atoms with Crippen LogP contribution >= 0.6 is 0 Å². The van der Waals surface area contributed by atoms with Crippen molar-refractivity contribution in [3.63, 3.8) is 0 Å². The highest BCUT2D eigenvalue weighted by molar-refractivity contribution is 5.81. The molecule has 0 aliphatic carbocycles. The molecule has 0 saturated carbocycles. The molecule has 1 amide bonds. The summed E-state index contributed by atoms with van der Waals surface area (Å²) in [5.41, 5.74) is 8.73. The number of nitrogens with one attached hydrogen (secondary N) is 1. The molecule has 12 nitrogen and oxygen atoms in total. The number of unbranched alkanes of at least 4 members (excludes halogenated alkanes) is 1. The van der Waals surface area contributed by atoms with Gasteiger partial charge in [0.2, 0.25) is 5.91 Å². The minimum absolute atomic E-state index is 0.194. The number of imidazole rings is 1. The number of fused-ring (bicyclic) bond motifs is 1. The molecule has 0 bridgehead atoms. The Labute approximate surface area is 161 Å². The highest BCUT2D eigenvalue weighted by Crippen LogP contribution is 2.32. The molecule has 0 aromatic carbocycles. The summed E-state index contributed by atoms with van der Waals surface area (Å²) in [7, 11) is 1.89. The highest BCUT2D eigenvalue weighted by Gasteiger charge is 2.44. The van der Waals surface area contributed by atoms with Crippen molar-refractivity contribution in [3.05, 3.63) is 12.7 Å². The minimum atomic E-state index is -1.14. The Kier molecular flexibility index (Phi) is 6.36. The summed E-state index contributed by atoms with van der Waals surface area (Å²) in [5.74, 6) is 5.09. The molecular weight excluding hydrogens is 368 g/mol. The molecule has 154 valence electrons. The Hall–Kier alpha value is -2.38. The molecule has 1 saturated heterocycles. The summed E-state index contributed by atoms with van der Waals surface area (Å²) < 4.78 is 7.46. The number of carbonyl (C=O) groups excluding carboxylic acids is 1. The molecular formula is C16H26N8O4. The van der Waals surface area contributed by atoms with Crippen molar-refractivity contribution < 1.29 is 19.7 Å². The van der Waals surface area contributed by atoms with Crippen LogP contribution in [0.15, 0.2) is 12.7 Å². The van der Waals surface area contributed by atoms with Gasteiger partial charge in [-0.2, -0.15) is 0 Å². The summed E-state index contributed by atoms with van der Waals surface area (Å²) >= 11 is 0. The van der Waals surface area contributed by atoms with E-state index in [1.165, 1.54) is 12.7 Å². The molecule has 0 spiro atoms. The normalized spacial score (nSPS) is 24.9. The number of hydrogen-bond donors (Lipinski definition) is 5. The maximum Gasteiger partial charge on any atom is 0.233 e. The lowest BCUT2D eigenvalue weighted by Crippen LogP contribution is -2.39. The first-order chi connectivity index (χ1) is 13.4. The number of hydrazine groups is 1. The zero-order chi connectivity index (χ0) is 20.3. The Morgan fingerprint density at radius 3 is 2.86 bits per heavy atom. The number of amides is 1. The van der Waals surface area contributed by atoms with Gasteiger partial charge in [0.1, 0.15) is 30.2 Å². The molecule has 3 rings (SSSR count). The number of likely N-dealkylation sites (N-methyl/N-ethyl adjacent to an activating group) is 1. The van der Waals surface area contributed by atoms with E-state index >= 15 is 0 Å². The zero-order valence-corrected chi connectivity index (χ0v) is 15.6. The minimum Gasteiger partial charge on any atom is -0.387 e. The lowest BCUT2D eigenvalue weighted by Gasteiger charge is -2.22. The molecule has 2 aromatic heterocycles. The van der Waals surface area contributed by atoms with Crippen LogP contribution in [-0.4, -0.2) is 79.0 Å². The number of nitrogens with two attached hydrogens (primary N) is 2. The van der Waals surface area contributed by atoms with Crippen LogP contribution in [0, 0.1) is 0 Å². The van der Waals surface area contributed by atoms with Crippen LogP contribution in [0.3, 0.4) is 0 Å². The third-order valence-corrected chi connectivity index (χ3v) is 4.84. The Morgan fingerprint density at radius 1 is 1.32 bits per heavy atom. The van der Waals surface area contributed by atoms with Crippen molar-refractivity contribution in [2.45, 2.75) is 43.8 Å². The Balaban J connectivity index is 1.59. The van der Waals surface area contributed by atoms with Gasteiger partial charge in [0.05, 0.1) is 6.33 Å². The largest absolute Gasteiger partial charge is 0.387 e. The van der Waals surface area contributed by atoms with Crippen LogP contribution in [0.1, 0.15) is 25.5 Å². The predicted molar refractivity (Wildman–Crippen MR) is 99.3 cm³/mol. The topological polar surface area (TPSA) is 178 Å². The van der Waals surface area contributed by atoms with Crippen LogP contribution < -0.4 is 17.0 Å². The summed E-state index contributed by atoms with van der Waals surface area (Å²) in [4.78, 5) is 25.3. The first kappa shape index (κ1) is 20.4. The lowest BCUT2D eigenvalue weighted by molar-refractivity contribution is -0.121. The molecule has 0 radical (unpaired) electrons. The summed E-state index contributed by atoms with van der Waals surface area (Å²) in [6, 6.07) is 0. The molecule has 0 unspecified atom stereocenters. The standard InChI is InChI=1S/C16H26N8O4/c1-23(5-3-2-4-10(25)22-18)6-9-12(26)13(27)16(28-9)24-8-21-11-14(17)19-7-20-15(11)24/h7-9,12-13,16,26-27H,2-6,18H2,1H3,(H,22,25)(H2,17,19,20)/t9-,12-,13-,16-/m1/s1. The lowest BCUT2D eigenvalue weighted by atomic mass is 10.1. The second-order valence-corrected chi connectivity index (χ2v) is 6.92. The van der Waals surface area contributed by atoms with E-state index in [9.17, 15) is 15.0 Å². The molecule has 1 fully saturated rings. The Morgan fingerprint density at radius 2 is 2.11 bits per heavy atom. The zero-order valence-electron chi connectivity index (χ0n) is 15.6. The number of nitrogens with zero attached hydrogens (tertiary/aromatic N) is 5. The van der Waals surface area contributed by atoms with Crippen LogP contribution in [0.2, 0.25) is 0 Å². The summed E-state index contributed by atoms with van der Waals surface area (Å²) in [5, 5.41) is 20.9. The number of aliphatic hydroxyl groups is 2. The van der Waals surface area contributed by atoms with Gasteiger partial charge in [-0.1, -0.05) is 0 Å². The summed E-state index contributed by atoms with van der Waals surface area (Å²) in [6.07, 6.45) is 1.01. The maximum atomic E-state index is 11.1. The first-order valence-corrected chi connectivity index (χ1v) is 9.05. The maximum absolute atomic E-state index is 11.1. The second-order valence-electron chi connectivity index (χ2n) is 6.92. The molecule has 12 heteroatoms. The van der Waals surface area contributed by atoms with Gasteiger partial charge in [-0.25, -0.2) is 20.8 Å². The first-order valence-electron chi connectivity index (χ1n) is 9.05. The molecule has 2 aromatic rings. The van der Waals surface area contributed by atoms with Crippen LogP contribution in [-0.2, 0) is 9.53 Å². The van der Waals surface area contributed by atoms with E-state index in [1.807, 2.05) is 11.9 Å². The van der Waals surface area contributed by atoms with Crippen molar-refractivity contribution >= 4 is 22.9 Å². The number of hydrogen-bond acceptors (Lipinski definition) is 10. The molecule has 4 atom stereocenters. The van der Waals surface area contributed by atoms with E-state index in [0.717, 1.165) is 6.42 Å². The number of anilines is 1. The molecule has 28 heavy (non-hydrogen) atoms. The number of aromatic nitrogens is 4. The third kappa shape index (κ3) is 4.20. The van der Waals surface area contributed by atoms with Gasteiger partial charge in [-0.3, -0.25) is 14.8 Å². The second kappa shape index (κ2) is 8.75. The fourth-order valence-corrected chi connectivity index (χ4v) is 3.30. The number of ether oxygens (including phenoxy) is 1. The van der Waals surface area contributed by atoms with Crippen LogP contribution in [0.5, 0.6) is 0 Å². The van der Waals surface area contributed by atoms with E-state index < -0.39 is 24.5 Å². The molecule has 3 heterocycles. The molecule has 7 N–H and O–H groups in total. The number of aliphatic hydroxyl groups excluding tert-OH is 2. The smallest absolute Gasteiger partial charge is 0.233 e. The fraction of sp³-hybridized carbons (Fsp3) is 0.625. The van der Waals surface area contributed by atoms with Gasteiger partial charge < -0.3 is 25.6 Å². The van der Waals surface area contributed by atoms with Gasteiger partial charge in [0.15, 0.2) is 17.7 Å². The predicted octanol–water partition coefficient (Wildman–Crippen LogP) is -1.88. The van der Waals surface area contributed by atoms with E-state index in [0.29, 0.717) is 37.1 Å². The monoisotopic (exact) mass is 394 g/mol.